The van der Waals surface area contributed by atoms with Crippen LogP contribution in [0, 0.1) is 5.82 Å². The molecule has 4 heteroatoms. The molecule has 0 aliphatic heterocycles. The van der Waals surface area contributed by atoms with Crippen molar-refractivity contribution in [2.45, 2.75) is 31.2 Å². The van der Waals surface area contributed by atoms with Crippen molar-refractivity contribution in [3.8, 4) is 11.5 Å². The lowest BCUT2D eigenvalue weighted by molar-refractivity contribution is 0.357. The van der Waals surface area contributed by atoms with E-state index in [-0.39, 0.29) is 23.0 Å². The van der Waals surface area contributed by atoms with E-state index < -0.39 is 5.82 Å². The van der Waals surface area contributed by atoms with Crippen LogP contribution in [0.2, 0.25) is 0 Å². The van der Waals surface area contributed by atoms with Gasteiger partial charge in [0.25, 0.3) is 0 Å². The molecule has 3 N–H and O–H groups in total. The third-order valence-electron chi connectivity index (χ3n) is 3.50. The molecular formula is C12H16FNO2. The van der Waals surface area contributed by atoms with Crippen molar-refractivity contribution in [2.75, 3.05) is 7.11 Å². The third-order valence-corrected chi connectivity index (χ3v) is 3.50. The fraction of sp³-hybridized carbons (Fsp3) is 0.500. The summed E-state index contributed by atoms with van der Waals surface area (Å²) in [5.41, 5.74) is 6.23. The van der Waals surface area contributed by atoms with Gasteiger partial charge in [0.2, 0.25) is 5.82 Å². The fourth-order valence-corrected chi connectivity index (χ4v) is 2.21. The Balaban J connectivity index is 2.48. The average molecular weight is 225 g/mol. The zero-order valence-corrected chi connectivity index (χ0v) is 9.46. The monoisotopic (exact) mass is 225 g/mol. The molecule has 3 nitrogen and oxygen atoms in total. The van der Waals surface area contributed by atoms with Crippen LogP contribution in [0.15, 0.2) is 12.1 Å². The summed E-state index contributed by atoms with van der Waals surface area (Å²) in [5, 5.41) is 9.82. The quantitative estimate of drug-likeness (QED) is 0.826. The van der Waals surface area contributed by atoms with Crippen molar-refractivity contribution in [2.24, 2.45) is 5.73 Å². The van der Waals surface area contributed by atoms with Gasteiger partial charge < -0.3 is 15.6 Å². The molecule has 1 unspecified atom stereocenters. The number of nitrogens with two attached hydrogens (primary N) is 1. The molecule has 1 fully saturated rings. The Bertz CT molecular complexity index is 414. The van der Waals surface area contributed by atoms with Crippen LogP contribution in [0.1, 0.15) is 25.3 Å². The maximum absolute atomic E-state index is 13.7. The minimum absolute atomic E-state index is 0.0572. The third kappa shape index (κ3) is 1.45. The number of phenols is 1. The number of aromatic hydroxyl groups is 1. The zero-order valence-electron chi connectivity index (χ0n) is 9.46. The number of rotatable bonds is 3. The molecule has 0 heterocycles. The summed E-state index contributed by atoms with van der Waals surface area (Å²) in [7, 11) is 1.37. The Hall–Kier alpha value is -1.29. The van der Waals surface area contributed by atoms with Gasteiger partial charge in [-0.15, -0.1) is 0 Å². The molecule has 88 valence electrons. The largest absolute Gasteiger partial charge is 0.505 e. The molecule has 1 aliphatic rings. The summed E-state index contributed by atoms with van der Waals surface area (Å²) < 4.78 is 18.5. The van der Waals surface area contributed by atoms with Crippen LogP contribution in [0.25, 0.3) is 0 Å². The summed E-state index contributed by atoms with van der Waals surface area (Å²) in [5.74, 6) is -0.970. The highest BCUT2D eigenvalue weighted by atomic mass is 19.1. The fourth-order valence-electron chi connectivity index (χ4n) is 2.21. The first-order valence-corrected chi connectivity index (χ1v) is 5.34. The van der Waals surface area contributed by atoms with Crippen LogP contribution in [0.3, 0.4) is 0 Å². The van der Waals surface area contributed by atoms with Crippen LogP contribution in [0.4, 0.5) is 4.39 Å². The number of halogens is 1. The average Bonchev–Trinajstić information content (AvgIpc) is 3.03. The molecule has 0 amide bonds. The Morgan fingerprint density at radius 2 is 2.12 bits per heavy atom. The highest BCUT2D eigenvalue weighted by Gasteiger charge is 2.49. The molecule has 1 saturated carbocycles. The van der Waals surface area contributed by atoms with Gasteiger partial charge in [-0.3, -0.25) is 0 Å². The summed E-state index contributed by atoms with van der Waals surface area (Å²) >= 11 is 0. The number of ether oxygens (including phenoxy) is 1. The van der Waals surface area contributed by atoms with E-state index in [4.69, 9.17) is 10.5 Å². The number of phenolic OH excluding ortho intramolecular Hbond substituents is 1. The Labute approximate surface area is 94.0 Å². The van der Waals surface area contributed by atoms with E-state index in [1.807, 2.05) is 6.92 Å². The van der Waals surface area contributed by atoms with Crippen molar-refractivity contribution < 1.29 is 14.2 Å². The molecule has 1 aromatic carbocycles. The first-order chi connectivity index (χ1) is 7.53. The maximum atomic E-state index is 13.7. The molecule has 1 aromatic rings. The van der Waals surface area contributed by atoms with Crippen molar-refractivity contribution >= 4 is 0 Å². The Kier molecular flexibility index (Phi) is 2.54. The topological polar surface area (TPSA) is 55.5 Å². The Morgan fingerprint density at radius 3 is 2.56 bits per heavy atom. The number of benzene rings is 1. The molecule has 1 atom stereocenters. The van der Waals surface area contributed by atoms with E-state index in [1.165, 1.54) is 13.2 Å². The highest BCUT2D eigenvalue weighted by Crippen LogP contribution is 2.54. The second-order valence-electron chi connectivity index (χ2n) is 4.42. The van der Waals surface area contributed by atoms with Crippen LogP contribution in [-0.2, 0) is 5.41 Å². The molecule has 0 spiro atoms. The summed E-state index contributed by atoms with van der Waals surface area (Å²) in [6.07, 6.45) is 1.79. The van der Waals surface area contributed by atoms with Crippen molar-refractivity contribution in [1.82, 2.24) is 0 Å². The van der Waals surface area contributed by atoms with Gasteiger partial charge in [-0.1, -0.05) is 6.07 Å². The molecule has 16 heavy (non-hydrogen) atoms. The minimum atomic E-state index is -0.702. The van der Waals surface area contributed by atoms with E-state index in [2.05, 4.69) is 0 Å². The van der Waals surface area contributed by atoms with Gasteiger partial charge in [0.1, 0.15) is 0 Å². The van der Waals surface area contributed by atoms with Gasteiger partial charge in [0, 0.05) is 17.0 Å². The first kappa shape index (κ1) is 11.2. The van der Waals surface area contributed by atoms with Gasteiger partial charge >= 0.3 is 0 Å². The summed E-state index contributed by atoms with van der Waals surface area (Å²) in [6.45, 7) is 1.88. The van der Waals surface area contributed by atoms with Crippen molar-refractivity contribution in [1.29, 1.82) is 0 Å². The second kappa shape index (κ2) is 3.63. The predicted molar refractivity (Wildman–Crippen MR) is 59.2 cm³/mol. The molecule has 0 radical (unpaired) electrons. The van der Waals surface area contributed by atoms with Gasteiger partial charge in [-0.2, -0.15) is 4.39 Å². The predicted octanol–water partition coefficient (Wildman–Crippen LogP) is 1.92. The van der Waals surface area contributed by atoms with E-state index in [0.29, 0.717) is 5.56 Å². The first-order valence-electron chi connectivity index (χ1n) is 5.34. The molecule has 2 rings (SSSR count). The van der Waals surface area contributed by atoms with E-state index in [0.717, 1.165) is 12.8 Å². The van der Waals surface area contributed by atoms with Crippen LogP contribution >= 0.6 is 0 Å². The molecule has 1 aliphatic carbocycles. The normalized spacial score (nSPS) is 19.2. The lowest BCUT2D eigenvalue weighted by atomic mass is 9.88. The van der Waals surface area contributed by atoms with E-state index in [9.17, 15) is 9.50 Å². The summed E-state index contributed by atoms with van der Waals surface area (Å²) in [6, 6.07) is 3.15. The van der Waals surface area contributed by atoms with Crippen molar-refractivity contribution in [3.05, 3.63) is 23.5 Å². The smallest absolute Gasteiger partial charge is 0.206 e. The second-order valence-corrected chi connectivity index (χ2v) is 4.42. The molecule has 0 saturated heterocycles. The lowest BCUT2D eigenvalue weighted by Crippen LogP contribution is -2.31. The van der Waals surface area contributed by atoms with Gasteiger partial charge in [0.05, 0.1) is 7.11 Å². The Morgan fingerprint density at radius 1 is 1.50 bits per heavy atom. The molecule has 0 aromatic heterocycles. The van der Waals surface area contributed by atoms with Crippen LogP contribution in [-0.4, -0.2) is 18.3 Å². The van der Waals surface area contributed by atoms with Crippen LogP contribution < -0.4 is 10.5 Å². The van der Waals surface area contributed by atoms with Crippen molar-refractivity contribution in [3.63, 3.8) is 0 Å². The molecular weight excluding hydrogens is 209 g/mol. The minimum Gasteiger partial charge on any atom is -0.505 e. The van der Waals surface area contributed by atoms with E-state index in [1.54, 1.807) is 6.07 Å². The van der Waals surface area contributed by atoms with Gasteiger partial charge in [0.15, 0.2) is 11.5 Å². The highest BCUT2D eigenvalue weighted by molar-refractivity contribution is 5.49. The van der Waals surface area contributed by atoms with Crippen LogP contribution in [0.5, 0.6) is 11.5 Å². The number of hydrogen-bond donors (Lipinski definition) is 2. The maximum Gasteiger partial charge on any atom is 0.206 e. The van der Waals surface area contributed by atoms with Gasteiger partial charge in [-0.25, -0.2) is 0 Å². The lowest BCUT2D eigenvalue weighted by Gasteiger charge is -2.21. The van der Waals surface area contributed by atoms with Gasteiger partial charge in [-0.05, 0) is 25.8 Å². The summed E-state index contributed by atoms with van der Waals surface area (Å²) in [4.78, 5) is 0. The molecule has 0 bridgehead atoms. The van der Waals surface area contributed by atoms with E-state index >= 15 is 0 Å². The number of hydrogen-bond acceptors (Lipinski definition) is 3. The number of methoxy groups -OCH3 is 1. The zero-order chi connectivity index (χ0) is 11.9. The SMILES string of the molecule is COc1ccc(C2(C(C)N)CC2)c(O)c1F. The standard InChI is InChI=1S/C12H16FNO2/c1-7(14)12(5-6-12)8-3-4-9(16-2)10(13)11(8)15/h3-4,7,15H,5-6,14H2,1-2H3.